The largest absolute Gasteiger partial charge is 0.324 e. The summed E-state index contributed by atoms with van der Waals surface area (Å²) in [5.74, 6) is -0.0542. The predicted octanol–water partition coefficient (Wildman–Crippen LogP) is 4.61. The van der Waals surface area contributed by atoms with E-state index in [1.807, 2.05) is 6.92 Å². The Kier molecular flexibility index (Phi) is 5.34. The molecule has 0 fully saturated rings. The Morgan fingerprint density at radius 2 is 1.85 bits per heavy atom. The Morgan fingerprint density at radius 1 is 1.11 bits per heavy atom. The zero-order valence-electron chi connectivity index (χ0n) is 14.7. The summed E-state index contributed by atoms with van der Waals surface area (Å²) in [4.78, 5) is 21.2. The minimum absolute atomic E-state index is 0.234. The molecule has 0 aliphatic carbocycles. The quantitative estimate of drug-likeness (QED) is 0.692. The fraction of sp³-hybridized carbons (Fsp3) is 0.100. The summed E-state index contributed by atoms with van der Waals surface area (Å²) >= 11 is 6.10. The van der Waals surface area contributed by atoms with Crippen LogP contribution in [0.3, 0.4) is 0 Å². The molecular weight excluding hydrogens is 362 g/mol. The van der Waals surface area contributed by atoms with Crippen LogP contribution < -0.4 is 10.6 Å². The molecule has 3 aromatic rings. The van der Waals surface area contributed by atoms with Crippen LogP contribution in [0.25, 0.3) is 0 Å². The van der Waals surface area contributed by atoms with Crippen LogP contribution >= 0.6 is 11.6 Å². The first-order valence-electron chi connectivity index (χ1n) is 8.15. The second-order valence-corrected chi connectivity index (χ2v) is 6.31. The predicted molar refractivity (Wildman–Crippen MR) is 105 cm³/mol. The van der Waals surface area contributed by atoms with Crippen molar-refractivity contribution < 1.29 is 4.79 Å². The summed E-state index contributed by atoms with van der Waals surface area (Å²) in [5.41, 5.74) is 3.58. The number of rotatable bonds is 4. The van der Waals surface area contributed by atoms with E-state index in [1.54, 1.807) is 55.5 Å². The van der Waals surface area contributed by atoms with Gasteiger partial charge in [0, 0.05) is 22.1 Å². The maximum absolute atomic E-state index is 12.6. The molecule has 0 saturated heterocycles. The van der Waals surface area contributed by atoms with Crippen LogP contribution in [0.1, 0.15) is 27.3 Å². The third-order valence-corrected chi connectivity index (χ3v) is 4.28. The molecule has 2 aromatic carbocycles. The van der Waals surface area contributed by atoms with Crippen LogP contribution in [-0.4, -0.2) is 15.9 Å². The Labute approximate surface area is 161 Å². The normalized spacial score (nSPS) is 10.1. The van der Waals surface area contributed by atoms with Gasteiger partial charge >= 0.3 is 0 Å². The van der Waals surface area contributed by atoms with Gasteiger partial charge in [0.25, 0.3) is 5.91 Å². The smallest absolute Gasteiger partial charge is 0.274 e. The lowest BCUT2D eigenvalue weighted by atomic mass is 10.2. The third-order valence-electron chi connectivity index (χ3n) is 3.87. The van der Waals surface area contributed by atoms with Gasteiger partial charge in [-0.05, 0) is 61.9 Å². The Hall–Kier alpha value is -3.43. The van der Waals surface area contributed by atoms with Crippen LogP contribution in [0.5, 0.6) is 0 Å². The van der Waals surface area contributed by atoms with Crippen LogP contribution in [-0.2, 0) is 0 Å². The lowest BCUT2D eigenvalue weighted by Crippen LogP contribution is -2.16. The first-order chi connectivity index (χ1) is 13.0. The van der Waals surface area contributed by atoms with Crippen LogP contribution in [0.4, 0.5) is 17.3 Å². The van der Waals surface area contributed by atoms with Gasteiger partial charge in [0.05, 0.1) is 11.6 Å². The summed E-state index contributed by atoms with van der Waals surface area (Å²) in [7, 11) is 0. The molecule has 3 rings (SSSR count). The van der Waals surface area contributed by atoms with Crippen molar-refractivity contribution in [3.63, 3.8) is 0 Å². The van der Waals surface area contributed by atoms with Gasteiger partial charge in [-0.3, -0.25) is 4.79 Å². The number of benzene rings is 2. The van der Waals surface area contributed by atoms with Gasteiger partial charge < -0.3 is 10.6 Å². The van der Waals surface area contributed by atoms with E-state index in [0.29, 0.717) is 27.9 Å². The highest BCUT2D eigenvalue weighted by Crippen LogP contribution is 2.23. The lowest BCUT2D eigenvalue weighted by molar-refractivity contribution is 0.102. The molecule has 0 atom stereocenters. The minimum Gasteiger partial charge on any atom is -0.324 e. The van der Waals surface area contributed by atoms with E-state index in [4.69, 9.17) is 16.9 Å². The number of aryl methyl sites for hydroxylation is 1. The number of hydrogen-bond donors (Lipinski definition) is 2. The van der Waals surface area contributed by atoms with E-state index in [-0.39, 0.29) is 11.6 Å². The van der Waals surface area contributed by atoms with Crippen molar-refractivity contribution >= 4 is 34.8 Å². The molecule has 2 N–H and O–H groups in total. The van der Waals surface area contributed by atoms with Gasteiger partial charge in [0.1, 0.15) is 5.69 Å². The van der Waals surface area contributed by atoms with E-state index in [9.17, 15) is 4.79 Å². The zero-order chi connectivity index (χ0) is 19.4. The average Bonchev–Trinajstić information content (AvgIpc) is 2.65. The van der Waals surface area contributed by atoms with Crippen LogP contribution in [0, 0.1) is 25.2 Å². The molecule has 0 saturated carbocycles. The summed E-state index contributed by atoms with van der Waals surface area (Å²) < 4.78 is 0. The SMILES string of the molecule is Cc1cc(C(=O)Nc2cccc(Cl)c2C)nc(Nc2ccc(C#N)cc2)n1. The number of nitriles is 1. The van der Waals surface area contributed by atoms with E-state index in [0.717, 1.165) is 11.3 Å². The molecule has 0 aliphatic heterocycles. The molecule has 1 heterocycles. The van der Waals surface area contributed by atoms with Gasteiger partial charge in [-0.25, -0.2) is 9.97 Å². The molecule has 1 amide bonds. The number of aromatic nitrogens is 2. The number of carbonyl (C=O) groups is 1. The van der Waals surface area contributed by atoms with Crippen molar-refractivity contribution in [3.05, 3.63) is 76.1 Å². The maximum atomic E-state index is 12.6. The lowest BCUT2D eigenvalue weighted by Gasteiger charge is -2.11. The summed E-state index contributed by atoms with van der Waals surface area (Å²) in [6.45, 7) is 3.62. The van der Waals surface area contributed by atoms with Crippen molar-refractivity contribution in [2.45, 2.75) is 13.8 Å². The molecule has 0 spiro atoms. The highest BCUT2D eigenvalue weighted by atomic mass is 35.5. The summed E-state index contributed by atoms with van der Waals surface area (Å²) in [6, 6.07) is 15.9. The maximum Gasteiger partial charge on any atom is 0.274 e. The fourth-order valence-electron chi connectivity index (χ4n) is 2.43. The second-order valence-electron chi connectivity index (χ2n) is 5.90. The molecule has 0 radical (unpaired) electrons. The van der Waals surface area contributed by atoms with Gasteiger partial charge in [-0.1, -0.05) is 17.7 Å². The Bertz CT molecular complexity index is 1040. The third kappa shape index (κ3) is 4.40. The molecule has 0 aliphatic rings. The topological polar surface area (TPSA) is 90.7 Å². The number of nitrogens with zero attached hydrogens (tertiary/aromatic N) is 3. The monoisotopic (exact) mass is 377 g/mol. The van der Waals surface area contributed by atoms with E-state index in [2.05, 4.69) is 26.7 Å². The molecule has 6 nitrogen and oxygen atoms in total. The van der Waals surface area contributed by atoms with Crippen molar-refractivity contribution in [3.8, 4) is 6.07 Å². The number of halogens is 1. The number of anilines is 3. The fourth-order valence-corrected chi connectivity index (χ4v) is 2.60. The molecule has 0 bridgehead atoms. The molecule has 7 heteroatoms. The number of hydrogen-bond acceptors (Lipinski definition) is 5. The standard InChI is InChI=1S/C20H16ClN5O/c1-12-10-18(19(27)25-17-5-3-4-16(21)13(17)2)26-20(23-12)24-15-8-6-14(11-22)7-9-15/h3-10H,1-2H3,(H,25,27)(H,23,24,26). The van der Waals surface area contributed by atoms with Crippen molar-refractivity contribution in [1.29, 1.82) is 5.26 Å². The Balaban J connectivity index is 1.82. The summed E-state index contributed by atoms with van der Waals surface area (Å²) in [6.07, 6.45) is 0. The molecule has 134 valence electrons. The van der Waals surface area contributed by atoms with E-state index < -0.39 is 0 Å². The first kappa shape index (κ1) is 18.4. The highest BCUT2D eigenvalue weighted by Gasteiger charge is 2.13. The molecule has 0 unspecified atom stereocenters. The Morgan fingerprint density at radius 3 is 2.56 bits per heavy atom. The number of amides is 1. The molecular formula is C20H16ClN5O. The molecule has 27 heavy (non-hydrogen) atoms. The zero-order valence-corrected chi connectivity index (χ0v) is 15.5. The van der Waals surface area contributed by atoms with Crippen molar-refractivity contribution in [2.75, 3.05) is 10.6 Å². The van der Waals surface area contributed by atoms with Gasteiger partial charge in [-0.2, -0.15) is 5.26 Å². The van der Waals surface area contributed by atoms with Crippen LogP contribution in [0.2, 0.25) is 5.02 Å². The minimum atomic E-state index is -0.353. The van der Waals surface area contributed by atoms with E-state index >= 15 is 0 Å². The van der Waals surface area contributed by atoms with E-state index in [1.165, 1.54) is 0 Å². The first-order valence-corrected chi connectivity index (χ1v) is 8.53. The van der Waals surface area contributed by atoms with Gasteiger partial charge in [0.2, 0.25) is 5.95 Å². The van der Waals surface area contributed by atoms with Crippen molar-refractivity contribution in [1.82, 2.24) is 9.97 Å². The van der Waals surface area contributed by atoms with Gasteiger partial charge in [0.15, 0.2) is 0 Å². The number of carbonyl (C=O) groups excluding carboxylic acids is 1. The van der Waals surface area contributed by atoms with Crippen LogP contribution in [0.15, 0.2) is 48.5 Å². The second kappa shape index (κ2) is 7.85. The van der Waals surface area contributed by atoms with Gasteiger partial charge in [-0.15, -0.1) is 0 Å². The number of nitrogens with one attached hydrogen (secondary N) is 2. The van der Waals surface area contributed by atoms with Crippen molar-refractivity contribution in [2.24, 2.45) is 0 Å². The summed E-state index contributed by atoms with van der Waals surface area (Å²) in [5, 5.41) is 15.3. The average molecular weight is 378 g/mol. The molecule has 1 aromatic heterocycles. The highest BCUT2D eigenvalue weighted by molar-refractivity contribution is 6.31.